The van der Waals surface area contributed by atoms with Gasteiger partial charge in [-0.15, -0.1) is 0 Å². The molecule has 0 amide bonds. The molecule has 0 unspecified atom stereocenters. The van der Waals surface area contributed by atoms with Crippen LogP contribution in [0.25, 0.3) is 28.0 Å². The van der Waals surface area contributed by atoms with E-state index in [2.05, 4.69) is 9.97 Å². The van der Waals surface area contributed by atoms with Crippen molar-refractivity contribution in [3.05, 3.63) is 72.3 Å². The summed E-state index contributed by atoms with van der Waals surface area (Å²) in [6.07, 6.45) is 0.932. The molecule has 30 heavy (non-hydrogen) atoms. The van der Waals surface area contributed by atoms with Gasteiger partial charge in [0.2, 0.25) is 0 Å². The van der Waals surface area contributed by atoms with E-state index in [4.69, 9.17) is 0 Å². The molecule has 0 spiro atoms. The maximum Gasteiger partial charge on any atom is 0.420 e. The Hall–Kier alpha value is -3.20. The van der Waals surface area contributed by atoms with Crippen LogP contribution >= 0.6 is 0 Å². The van der Waals surface area contributed by atoms with E-state index in [1.54, 1.807) is 37.4 Å². The third-order valence-electron chi connectivity index (χ3n) is 4.73. The minimum atomic E-state index is -4.60. The van der Waals surface area contributed by atoms with E-state index in [-0.39, 0.29) is 10.5 Å². The standard InChI is InChI=1S/C21H16F3N3O2S/c1-13-3-4-15(10-25-13)16-9-18(21(22,23)24)20-26-11-19(27(20)12-16)14-5-7-17(8-6-14)30(2,28)29/h3-12H,1-2H3. The Labute approximate surface area is 170 Å². The number of nitrogens with zero attached hydrogens (tertiary/aromatic N) is 3. The number of pyridine rings is 2. The molecule has 1 aromatic carbocycles. The van der Waals surface area contributed by atoms with E-state index in [1.807, 2.05) is 0 Å². The molecule has 0 fully saturated rings. The number of benzene rings is 1. The van der Waals surface area contributed by atoms with Gasteiger partial charge in [-0.2, -0.15) is 13.2 Å². The molecule has 5 nitrogen and oxygen atoms in total. The summed E-state index contributed by atoms with van der Waals surface area (Å²) in [5, 5.41) is 0. The SMILES string of the molecule is Cc1ccc(-c2cc(C(F)(F)F)c3ncc(-c4ccc(S(C)(=O)=O)cc4)n3c2)cn1. The van der Waals surface area contributed by atoms with Crippen LogP contribution in [0.1, 0.15) is 11.3 Å². The number of rotatable bonds is 3. The minimum Gasteiger partial charge on any atom is -0.299 e. The van der Waals surface area contributed by atoms with Gasteiger partial charge in [-0.05, 0) is 31.2 Å². The predicted molar refractivity (Wildman–Crippen MR) is 107 cm³/mol. The van der Waals surface area contributed by atoms with Gasteiger partial charge in [0.1, 0.15) is 5.65 Å². The van der Waals surface area contributed by atoms with Gasteiger partial charge in [-0.1, -0.05) is 18.2 Å². The summed E-state index contributed by atoms with van der Waals surface area (Å²) in [6.45, 7) is 1.79. The lowest BCUT2D eigenvalue weighted by Gasteiger charge is -2.13. The molecular formula is C21H16F3N3O2S. The Morgan fingerprint density at radius 3 is 2.13 bits per heavy atom. The first-order chi connectivity index (χ1) is 14.0. The van der Waals surface area contributed by atoms with Crippen molar-refractivity contribution in [3.8, 4) is 22.4 Å². The molecule has 0 aliphatic carbocycles. The van der Waals surface area contributed by atoms with Gasteiger partial charge in [0.05, 0.1) is 22.3 Å². The number of halogens is 3. The zero-order valence-corrected chi connectivity index (χ0v) is 16.8. The van der Waals surface area contributed by atoms with E-state index in [9.17, 15) is 21.6 Å². The van der Waals surface area contributed by atoms with Crippen LogP contribution in [0.3, 0.4) is 0 Å². The molecule has 4 aromatic rings. The smallest absolute Gasteiger partial charge is 0.299 e. The Bertz CT molecular complexity index is 1340. The summed E-state index contributed by atoms with van der Waals surface area (Å²) < 4.78 is 65.9. The van der Waals surface area contributed by atoms with Gasteiger partial charge in [0, 0.05) is 41.0 Å². The quantitative estimate of drug-likeness (QED) is 0.468. The van der Waals surface area contributed by atoms with Crippen molar-refractivity contribution in [1.82, 2.24) is 14.4 Å². The minimum absolute atomic E-state index is 0.127. The summed E-state index contributed by atoms with van der Waals surface area (Å²) in [5.41, 5.74) is 1.51. The number of fused-ring (bicyclic) bond motifs is 1. The highest BCUT2D eigenvalue weighted by atomic mass is 32.2. The number of aryl methyl sites for hydroxylation is 1. The summed E-state index contributed by atoms with van der Waals surface area (Å²) in [5.74, 6) is 0. The molecule has 4 rings (SSSR count). The second-order valence-corrected chi connectivity index (χ2v) is 8.98. The second-order valence-electron chi connectivity index (χ2n) is 6.96. The average molecular weight is 431 g/mol. The number of alkyl halides is 3. The van der Waals surface area contributed by atoms with E-state index < -0.39 is 21.6 Å². The Morgan fingerprint density at radius 1 is 0.900 bits per heavy atom. The lowest BCUT2D eigenvalue weighted by Crippen LogP contribution is -2.09. The van der Waals surface area contributed by atoms with E-state index >= 15 is 0 Å². The highest BCUT2D eigenvalue weighted by Gasteiger charge is 2.35. The van der Waals surface area contributed by atoms with Crippen molar-refractivity contribution < 1.29 is 21.6 Å². The summed E-state index contributed by atoms with van der Waals surface area (Å²) in [7, 11) is -3.38. The fraction of sp³-hybridized carbons (Fsp3) is 0.143. The van der Waals surface area contributed by atoms with Gasteiger partial charge in [0.15, 0.2) is 9.84 Å². The van der Waals surface area contributed by atoms with Gasteiger partial charge in [0.25, 0.3) is 0 Å². The summed E-state index contributed by atoms with van der Waals surface area (Å²) in [6, 6.07) is 10.4. The Balaban J connectivity index is 1.94. The van der Waals surface area contributed by atoms with Gasteiger partial charge in [-0.25, -0.2) is 13.4 Å². The highest BCUT2D eigenvalue weighted by molar-refractivity contribution is 7.90. The lowest BCUT2D eigenvalue weighted by atomic mass is 10.1. The molecule has 0 atom stereocenters. The Kier molecular flexibility index (Phi) is 4.65. The zero-order valence-electron chi connectivity index (χ0n) is 16.0. The second kappa shape index (κ2) is 6.94. The summed E-state index contributed by atoms with van der Waals surface area (Å²) in [4.78, 5) is 8.28. The first-order valence-electron chi connectivity index (χ1n) is 8.86. The molecule has 0 saturated carbocycles. The van der Waals surface area contributed by atoms with Crippen LogP contribution in [0.5, 0.6) is 0 Å². The topological polar surface area (TPSA) is 64.3 Å². The van der Waals surface area contributed by atoms with Crippen LogP contribution in [-0.2, 0) is 16.0 Å². The molecule has 154 valence electrons. The van der Waals surface area contributed by atoms with Crippen molar-refractivity contribution in [1.29, 1.82) is 0 Å². The predicted octanol–water partition coefficient (Wildman–Crippen LogP) is 4.79. The first kappa shape index (κ1) is 20.1. The number of hydrogen-bond donors (Lipinski definition) is 0. The zero-order chi connectivity index (χ0) is 21.7. The van der Waals surface area contributed by atoms with Crippen LogP contribution in [0.2, 0.25) is 0 Å². The molecule has 0 aliphatic heterocycles. The molecule has 0 N–H and O–H groups in total. The van der Waals surface area contributed by atoms with Gasteiger partial charge < -0.3 is 0 Å². The number of sulfone groups is 1. The van der Waals surface area contributed by atoms with Crippen LogP contribution in [-0.4, -0.2) is 29.0 Å². The average Bonchev–Trinajstić information content (AvgIpc) is 3.10. The van der Waals surface area contributed by atoms with Crippen LogP contribution in [0.4, 0.5) is 13.2 Å². The van der Waals surface area contributed by atoms with Crippen LogP contribution < -0.4 is 0 Å². The molecule has 0 bridgehead atoms. The van der Waals surface area contributed by atoms with Crippen molar-refractivity contribution in [3.63, 3.8) is 0 Å². The van der Waals surface area contributed by atoms with E-state index in [1.165, 1.54) is 28.9 Å². The molecule has 9 heteroatoms. The van der Waals surface area contributed by atoms with E-state index in [0.717, 1.165) is 18.0 Å². The monoisotopic (exact) mass is 431 g/mol. The number of aromatic nitrogens is 3. The molecule has 0 aliphatic rings. The first-order valence-corrected chi connectivity index (χ1v) is 10.7. The summed E-state index contributed by atoms with van der Waals surface area (Å²) >= 11 is 0. The van der Waals surface area contributed by atoms with Crippen molar-refractivity contribution in [2.24, 2.45) is 0 Å². The third-order valence-corrected chi connectivity index (χ3v) is 5.86. The lowest BCUT2D eigenvalue weighted by molar-refractivity contribution is -0.136. The van der Waals surface area contributed by atoms with Crippen molar-refractivity contribution in [2.45, 2.75) is 18.0 Å². The fourth-order valence-corrected chi connectivity index (χ4v) is 3.81. The largest absolute Gasteiger partial charge is 0.420 e. The number of imidazole rings is 1. The normalized spacial score (nSPS) is 12.4. The molecule has 3 aromatic heterocycles. The van der Waals surface area contributed by atoms with Crippen LogP contribution in [0.15, 0.2) is 66.0 Å². The molecule has 0 saturated heterocycles. The fourth-order valence-electron chi connectivity index (χ4n) is 3.18. The Morgan fingerprint density at radius 2 is 1.57 bits per heavy atom. The van der Waals surface area contributed by atoms with E-state index in [0.29, 0.717) is 22.4 Å². The molecule has 3 heterocycles. The number of hydrogen-bond acceptors (Lipinski definition) is 4. The highest BCUT2D eigenvalue weighted by Crippen LogP contribution is 2.36. The van der Waals surface area contributed by atoms with Gasteiger partial charge >= 0.3 is 6.18 Å². The maximum absolute atomic E-state index is 13.7. The molecule has 0 radical (unpaired) electrons. The van der Waals surface area contributed by atoms with Crippen molar-refractivity contribution >= 4 is 15.5 Å². The van der Waals surface area contributed by atoms with Crippen LogP contribution in [0, 0.1) is 6.92 Å². The third kappa shape index (κ3) is 3.68. The van der Waals surface area contributed by atoms with Crippen molar-refractivity contribution in [2.75, 3.05) is 6.26 Å². The van der Waals surface area contributed by atoms with Gasteiger partial charge in [-0.3, -0.25) is 9.38 Å². The maximum atomic E-state index is 13.7. The molecular weight excluding hydrogens is 415 g/mol.